The van der Waals surface area contributed by atoms with E-state index in [2.05, 4.69) is 11.6 Å². The number of carbonyl (C=O) groups is 1. The van der Waals surface area contributed by atoms with Crippen molar-refractivity contribution < 1.29 is 23.7 Å². The number of aromatic nitrogens is 1. The number of hydrogen-bond donors (Lipinski definition) is 0. The maximum absolute atomic E-state index is 14.0. The summed E-state index contributed by atoms with van der Waals surface area (Å²) in [5.41, 5.74) is 1.98. The first-order chi connectivity index (χ1) is 19.3. The topological polar surface area (TPSA) is 88.4 Å². The van der Waals surface area contributed by atoms with Crippen LogP contribution in [0.3, 0.4) is 0 Å². The average Bonchev–Trinajstić information content (AvgIpc) is 3.22. The summed E-state index contributed by atoms with van der Waals surface area (Å²) < 4.78 is 25.0. The summed E-state index contributed by atoms with van der Waals surface area (Å²) in [4.78, 5) is 32.4. The molecule has 1 aromatic heterocycles. The van der Waals surface area contributed by atoms with Crippen molar-refractivity contribution in [2.45, 2.75) is 46.8 Å². The molecule has 4 rings (SSSR count). The van der Waals surface area contributed by atoms with Crippen LogP contribution in [-0.4, -0.2) is 36.5 Å². The second kappa shape index (κ2) is 12.8. The molecule has 0 saturated heterocycles. The van der Waals surface area contributed by atoms with Crippen LogP contribution in [0.5, 0.6) is 17.2 Å². The van der Waals surface area contributed by atoms with Crippen LogP contribution in [0.15, 0.2) is 76.2 Å². The molecule has 1 aliphatic heterocycles. The van der Waals surface area contributed by atoms with Gasteiger partial charge in [-0.15, -0.1) is 0 Å². The molecule has 1 atom stereocenters. The molecular weight excluding hydrogens is 528 g/mol. The molecule has 0 N–H and O–H groups in total. The first-order valence-corrected chi connectivity index (χ1v) is 14.1. The van der Waals surface area contributed by atoms with E-state index in [1.807, 2.05) is 63.2 Å². The molecule has 0 spiro atoms. The van der Waals surface area contributed by atoms with Crippen molar-refractivity contribution in [2.75, 3.05) is 19.8 Å². The lowest BCUT2D eigenvalue weighted by atomic mass is 9.95. The zero-order chi connectivity index (χ0) is 28.8. The molecule has 0 radical (unpaired) electrons. The number of fused-ring (bicyclic) bond motifs is 1. The van der Waals surface area contributed by atoms with E-state index in [0.717, 1.165) is 5.56 Å². The van der Waals surface area contributed by atoms with E-state index in [0.29, 0.717) is 56.6 Å². The summed E-state index contributed by atoms with van der Waals surface area (Å²) in [6, 6.07) is 12.2. The monoisotopic (exact) mass is 562 g/mol. The Morgan fingerprint density at radius 2 is 1.88 bits per heavy atom. The normalized spacial score (nSPS) is 14.9. The maximum Gasteiger partial charge on any atom is 0.338 e. The minimum atomic E-state index is -0.763. The van der Waals surface area contributed by atoms with Crippen molar-refractivity contribution in [3.63, 3.8) is 0 Å². The molecule has 9 heteroatoms. The molecule has 0 saturated carbocycles. The Bertz CT molecular complexity index is 1620. The lowest BCUT2D eigenvalue weighted by Gasteiger charge is -2.26. The number of hydrogen-bond acceptors (Lipinski definition) is 8. The van der Waals surface area contributed by atoms with Gasteiger partial charge in [-0.2, -0.15) is 0 Å². The van der Waals surface area contributed by atoms with Gasteiger partial charge in [0, 0.05) is 5.56 Å². The molecule has 210 valence electrons. The molecule has 0 fully saturated rings. The van der Waals surface area contributed by atoms with Gasteiger partial charge in [0.1, 0.15) is 18.4 Å². The first-order valence-electron chi connectivity index (χ1n) is 13.2. The summed E-state index contributed by atoms with van der Waals surface area (Å²) in [6.45, 7) is 14.0. The zero-order valence-corrected chi connectivity index (χ0v) is 24.2. The Morgan fingerprint density at radius 3 is 2.58 bits per heavy atom. The van der Waals surface area contributed by atoms with Crippen LogP contribution in [0.2, 0.25) is 0 Å². The third-order valence-electron chi connectivity index (χ3n) is 6.02. The summed E-state index contributed by atoms with van der Waals surface area (Å²) in [6.07, 6.45) is 3.35. The largest absolute Gasteiger partial charge is 0.491 e. The van der Waals surface area contributed by atoms with Crippen LogP contribution in [0.25, 0.3) is 6.08 Å². The van der Waals surface area contributed by atoms with E-state index in [9.17, 15) is 9.59 Å². The van der Waals surface area contributed by atoms with Crippen LogP contribution < -0.4 is 29.1 Å². The molecule has 40 heavy (non-hydrogen) atoms. The fourth-order valence-electron chi connectivity index (χ4n) is 4.46. The lowest BCUT2D eigenvalue weighted by molar-refractivity contribution is -0.139. The Hall–Kier alpha value is -4.11. The van der Waals surface area contributed by atoms with E-state index < -0.39 is 12.0 Å². The fraction of sp³-hybridized carbons (Fsp3) is 0.323. The van der Waals surface area contributed by atoms with Crippen molar-refractivity contribution in [1.29, 1.82) is 0 Å². The summed E-state index contributed by atoms with van der Waals surface area (Å²) >= 11 is 1.26. The molecule has 0 bridgehead atoms. The minimum absolute atomic E-state index is 0.105. The number of para-hydroxylation sites is 1. The minimum Gasteiger partial charge on any atom is -0.491 e. The quantitative estimate of drug-likeness (QED) is 0.252. The molecule has 8 nitrogen and oxygen atoms in total. The molecule has 1 aliphatic rings. The highest BCUT2D eigenvalue weighted by molar-refractivity contribution is 7.07. The smallest absolute Gasteiger partial charge is 0.338 e. The predicted molar refractivity (Wildman–Crippen MR) is 156 cm³/mol. The van der Waals surface area contributed by atoms with E-state index in [4.69, 9.17) is 18.9 Å². The number of esters is 1. The van der Waals surface area contributed by atoms with Gasteiger partial charge >= 0.3 is 5.97 Å². The fourth-order valence-corrected chi connectivity index (χ4v) is 5.50. The summed E-state index contributed by atoms with van der Waals surface area (Å²) in [5.74, 6) is 1.24. The molecule has 3 aromatic rings. The van der Waals surface area contributed by atoms with Gasteiger partial charge in [0.15, 0.2) is 16.3 Å². The van der Waals surface area contributed by atoms with E-state index >= 15 is 0 Å². The van der Waals surface area contributed by atoms with Gasteiger partial charge in [0.25, 0.3) is 5.56 Å². The third kappa shape index (κ3) is 6.04. The Balaban J connectivity index is 1.91. The van der Waals surface area contributed by atoms with Crippen LogP contribution >= 0.6 is 11.3 Å². The number of allylic oxidation sites excluding steroid dienone is 1. The highest BCUT2D eigenvalue weighted by atomic mass is 32.1. The second-order valence-corrected chi connectivity index (χ2v) is 10.3. The van der Waals surface area contributed by atoms with Gasteiger partial charge in [0.2, 0.25) is 0 Å². The molecular formula is C31H34N2O6S. The second-order valence-electron chi connectivity index (χ2n) is 9.25. The molecule has 0 aliphatic carbocycles. The van der Waals surface area contributed by atoms with Crippen LogP contribution in [0, 0.1) is 0 Å². The van der Waals surface area contributed by atoms with Crippen molar-refractivity contribution >= 4 is 23.4 Å². The van der Waals surface area contributed by atoms with Gasteiger partial charge in [-0.25, -0.2) is 9.79 Å². The van der Waals surface area contributed by atoms with Crippen molar-refractivity contribution in [3.8, 4) is 17.2 Å². The number of nitrogens with zero attached hydrogens (tertiary/aromatic N) is 2. The average molecular weight is 563 g/mol. The van der Waals surface area contributed by atoms with Crippen molar-refractivity contribution in [1.82, 2.24) is 4.57 Å². The lowest BCUT2D eigenvalue weighted by Crippen LogP contribution is -2.40. The predicted octanol–water partition coefficient (Wildman–Crippen LogP) is 4.55. The number of benzene rings is 2. The number of thiazole rings is 1. The van der Waals surface area contributed by atoms with E-state index in [1.54, 1.807) is 30.6 Å². The van der Waals surface area contributed by atoms with Crippen LogP contribution in [-0.2, 0) is 9.53 Å². The Labute approximate surface area is 237 Å². The SMILES string of the molecule is C=CCOc1ccc(C=c2sc3n(c2=O)C(c2ccccc2OC(C)C)C(C(=O)OCC)=C(C)N=3)cc1OCC. The summed E-state index contributed by atoms with van der Waals surface area (Å²) in [7, 11) is 0. The Morgan fingerprint density at radius 1 is 1.10 bits per heavy atom. The van der Waals surface area contributed by atoms with Crippen LogP contribution in [0.1, 0.15) is 51.8 Å². The van der Waals surface area contributed by atoms with E-state index in [-0.39, 0.29) is 18.3 Å². The van der Waals surface area contributed by atoms with Gasteiger partial charge in [-0.05, 0) is 64.5 Å². The molecule has 0 amide bonds. The highest BCUT2D eigenvalue weighted by Crippen LogP contribution is 2.36. The molecule has 1 unspecified atom stereocenters. The van der Waals surface area contributed by atoms with Crippen molar-refractivity contribution in [2.24, 2.45) is 4.99 Å². The van der Waals surface area contributed by atoms with Crippen LogP contribution in [0.4, 0.5) is 0 Å². The number of ether oxygens (including phenoxy) is 4. The summed E-state index contributed by atoms with van der Waals surface area (Å²) in [5, 5.41) is 0. The first kappa shape index (κ1) is 28.9. The van der Waals surface area contributed by atoms with Gasteiger partial charge < -0.3 is 18.9 Å². The number of rotatable bonds is 11. The Kier molecular flexibility index (Phi) is 9.26. The van der Waals surface area contributed by atoms with Gasteiger partial charge in [0.05, 0.1) is 35.1 Å². The number of carbonyl (C=O) groups excluding carboxylic acids is 1. The highest BCUT2D eigenvalue weighted by Gasteiger charge is 2.35. The molecule has 2 heterocycles. The van der Waals surface area contributed by atoms with E-state index in [1.165, 1.54) is 11.3 Å². The zero-order valence-electron chi connectivity index (χ0n) is 23.4. The third-order valence-corrected chi connectivity index (χ3v) is 7.00. The molecule has 2 aromatic carbocycles. The van der Waals surface area contributed by atoms with Gasteiger partial charge in [-0.3, -0.25) is 9.36 Å². The van der Waals surface area contributed by atoms with Gasteiger partial charge in [-0.1, -0.05) is 48.3 Å². The standard InChI is InChI=1S/C31H34N2O6S/c1-7-16-38-24-15-14-21(17-25(24)36-8-2)18-26-29(34)33-28(22-12-10-11-13-23(22)39-19(4)5)27(30(35)37-9-3)20(6)32-31(33)40-26/h7,10-15,17-19,28H,1,8-9,16H2,2-6H3. The maximum atomic E-state index is 14.0. The van der Waals surface area contributed by atoms with Crippen molar-refractivity contribution in [3.05, 3.63) is 97.2 Å².